The van der Waals surface area contributed by atoms with E-state index in [1.165, 1.54) is 0 Å². The van der Waals surface area contributed by atoms with E-state index < -0.39 is 9.84 Å². The fourth-order valence-corrected chi connectivity index (χ4v) is 4.96. The van der Waals surface area contributed by atoms with Crippen LogP contribution in [0.1, 0.15) is 19.2 Å². The predicted octanol–water partition coefficient (Wildman–Crippen LogP) is 1.81. The number of hydrogen-bond acceptors (Lipinski definition) is 7. The Morgan fingerprint density at radius 1 is 1.52 bits per heavy atom. The monoisotopic (exact) mass is 327 g/mol. The van der Waals surface area contributed by atoms with Crippen molar-refractivity contribution in [1.29, 1.82) is 0 Å². The van der Waals surface area contributed by atoms with Crippen LogP contribution in [0.15, 0.2) is 21.3 Å². The molecule has 0 saturated carbocycles. The van der Waals surface area contributed by atoms with Crippen molar-refractivity contribution in [3.8, 4) is 11.4 Å². The molecule has 2 aromatic heterocycles. The van der Waals surface area contributed by atoms with E-state index in [9.17, 15) is 8.42 Å². The predicted molar refractivity (Wildman–Crippen MR) is 80.8 cm³/mol. The molecule has 1 saturated heterocycles. The summed E-state index contributed by atoms with van der Waals surface area (Å²) in [5, 5.41) is 7.91. The van der Waals surface area contributed by atoms with Crippen LogP contribution in [0.2, 0.25) is 0 Å². The second kappa shape index (κ2) is 5.86. The SMILES string of the molecule is CCN(Cc1nc(-c2ccsc2)no1)[C@H]1CCS(=O)(=O)C1. The minimum absolute atomic E-state index is 0.0523. The Bertz CT molecular complexity index is 694. The lowest BCUT2D eigenvalue weighted by Crippen LogP contribution is -2.35. The van der Waals surface area contributed by atoms with Crippen molar-refractivity contribution in [2.45, 2.75) is 25.9 Å². The zero-order valence-electron chi connectivity index (χ0n) is 11.7. The van der Waals surface area contributed by atoms with Gasteiger partial charge in [-0.05, 0) is 24.4 Å². The normalized spacial score (nSPS) is 21.1. The van der Waals surface area contributed by atoms with Crippen LogP contribution in [-0.4, -0.2) is 47.6 Å². The van der Waals surface area contributed by atoms with Gasteiger partial charge in [-0.15, -0.1) is 0 Å². The first kappa shape index (κ1) is 14.7. The first-order chi connectivity index (χ1) is 10.1. The molecule has 0 aromatic carbocycles. The molecule has 0 amide bonds. The summed E-state index contributed by atoms with van der Waals surface area (Å²) in [5.41, 5.74) is 0.946. The van der Waals surface area contributed by atoms with Gasteiger partial charge in [0.15, 0.2) is 9.84 Å². The molecule has 0 N–H and O–H groups in total. The molecule has 0 unspecified atom stereocenters. The largest absolute Gasteiger partial charge is 0.338 e. The highest BCUT2D eigenvalue weighted by Crippen LogP contribution is 2.22. The number of thiophene rings is 1. The maximum Gasteiger partial charge on any atom is 0.241 e. The number of sulfone groups is 1. The Morgan fingerprint density at radius 3 is 3.00 bits per heavy atom. The van der Waals surface area contributed by atoms with Crippen molar-refractivity contribution in [1.82, 2.24) is 15.0 Å². The Kier molecular flexibility index (Phi) is 4.10. The lowest BCUT2D eigenvalue weighted by molar-refractivity contribution is 0.186. The van der Waals surface area contributed by atoms with Crippen molar-refractivity contribution in [2.75, 3.05) is 18.1 Å². The van der Waals surface area contributed by atoms with Gasteiger partial charge in [-0.1, -0.05) is 12.1 Å². The standard InChI is InChI=1S/C13H17N3O3S2/c1-2-16(11-4-6-21(17,18)9-11)7-12-14-13(15-19-12)10-3-5-20-8-10/h3,5,8,11H,2,4,6-7,9H2,1H3/t11-/m0/s1. The zero-order valence-corrected chi connectivity index (χ0v) is 13.4. The molecule has 6 nitrogen and oxygen atoms in total. The van der Waals surface area contributed by atoms with Gasteiger partial charge in [-0.25, -0.2) is 8.42 Å². The molecule has 1 aliphatic rings. The highest BCUT2D eigenvalue weighted by Gasteiger charge is 2.32. The highest BCUT2D eigenvalue weighted by molar-refractivity contribution is 7.91. The molecule has 1 aliphatic heterocycles. The van der Waals surface area contributed by atoms with E-state index in [4.69, 9.17) is 4.52 Å². The van der Waals surface area contributed by atoms with E-state index in [0.29, 0.717) is 24.7 Å². The molecular weight excluding hydrogens is 310 g/mol. The van der Waals surface area contributed by atoms with Gasteiger partial charge in [0.25, 0.3) is 0 Å². The van der Waals surface area contributed by atoms with Gasteiger partial charge in [0, 0.05) is 17.0 Å². The summed E-state index contributed by atoms with van der Waals surface area (Å²) in [6, 6.07) is 2.00. The number of hydrogen-bond donors (Lipinski definition) is 0. The molecule has 2 aromatic rings. The Hall–Kier alpha value is -1.25. The van der Waals surface area contributed by atoms with E-state index in [2.05, 4.69) is 15.0 Å². The van der Waals surface area contributed by atoms with Crippen molar-refractivity contribution < 1.29 is 12.9 Å². The fourth-order valence-electron chi connectivity index (χ4n) is 2.56. The number of aromatic nitrogens is 2. The summed E-state index contributed by atoms with van der Waals surface area (Å²) in [4.78, 5) is 6.48. The summed E-state index contributed by atoms with van der Waals surface area (Å²) in [6.07, 6.45) is 0.682. The summed E-state index contributed by atoms with van der Waals surface area (Å²) < 4.78 is 28.5. The summed E-state index contributed by atoms with van der Waals surface area (Å²) in [5.74, 6) is 1.62. The van der Waals surface area contributed by atoms with Gasteiger partial charge in [0.2, 0.25) is 11.7 Å². The van der Waals surface area contributed by atoms with Crippen LogP contribution in [0.25, 0.3) is 11.4 Å². The quantitative estimate of drug-likeness (QED) is 0.833. The molecule has 3 heterocycles. The molecule has 21 heavy (non-hydrogen) atoms. The molecule has 3 rings (SSSR count). The van der Waals surface area contributed by atoms with Crippen molar-refractivity contribution in [3.05, 3.63) is 22.7 Å². The third kappa shape index (κ3) is 3.33. The van der Waals surface area contributed by atoms with Crippen LogP contribution in [0.3, 0.4) is 0 Å². The highest BCUT2D eigenvalue weighted by atomic mass is 32.2. The first-order valence-corrected chi connectivity index (χ1v) is 9.63. The maximum atomic E-state index is 11.6. The summed E-state index contributed by atoms with van der Waals surface area (Å²) in [6.45, 7) is 3.27. The van der Waals surface area contributed by atoms with Crippen molar-refractivity contribution in [3.63, 3.8) is 0 Å². The molecule has 0 radical (unpaired) electrons. The van der Waals surface area contributed by atoms with Crippen LogP contribution in [-0.2, 0) is 16.4 Å². The van der Waals surface area contributed by atoms with Gasteiger partial charge in [0.1, 0.15) is 0 Å². The Labute approximate surface area is 127 Å². The molecule has 1 fully saturated rings. The molecule has 114 valence electrons. The van der Waals surface area contributed by atoms with Crippen LogP contribution in [0, 0.1) is 0 Å². The molecule has 0 bridgehead atoms. The van der Waals surface area contributed by atoms with Gasteiger partial charge in [-0.2, -0.15) is 16.3 Å². The minimum Gasteiger partial charge on any atom is -0.338 e. The van der Waals surface area contributed by atoms with Crippen LogP contribution in [0.4, 0.5) is 0 Å². The third-order valence-corrected chi connectivity index (χ3v) is 6.15. The smallest absolute Gasteiger partial charge is 0.241 e. The van der Waals surface area contributed by atoms with Gasteiger partial charge >= 0.3 is 0 Å². The zero-order chi connectivity index (χ0) is 14.9. The van der Waals surface area contributed by atoms with E-state index in [1.807, 2.05) is 23.8 Å². The molecule has 1 atom stereocenters. The minimum atomic E-state index is -2.88. The van der Waals surface area contributed by atoms with E-state index in [0.717, 1.165) is 12.1 Å². The molecule has 0 aliphatic carbocycles. The topological polar surface area (TPSA) is 76.3 Å². The van der Waals surface area contributed by atoms with Crippen LogP contribution in [0.5, 0.6) is 0 Å². The van der Waals surface area contributed by atoms with Crippen molar-refractivity contribution >= 4 is 21.2 Å². The Balaban J connectivity index is 1.70. The number of rotatable bonds is 5. The second-order valence-corrected chi connectivity index (χ2v) is 8.15. The average Bonchev–Trinajstić information content (AvgIpc) is 3.15. The summed E-state index contributed by atoms with van der Waals surface area (Å²) >= 11 is 1.58. The fraction of sp³-hybridized carbons (Fsp3) is 0.538. The molecule has 8 heteroatoms. The average molecular weight is 327 g/mol. The second-order valence-electron chi connectivity index (χ2n) is 5.14. The lowest BCUT2D eigenvalue weighted by atomic mass is 10.2. The van der Waals surface area contributed by atoms with E-state index in [-0.39, 0.29) is 17.5 Å². The van der Waals surface area contributed by atoms with E-state index in [1.54, 1.807) is 11.3 Å². The van der Waals surface area contributed by atoms with Gasteiger partial charge in [-0.3, -0.25) is 4.90 Å². The first-order valence-electron chi connectivity index (χ1n) is 6.87. The van der Waals surface area contributed by atoms with Crippen LogP contribution < -0.4 is 0 Å². The van der Waals surface area contributed by atoms with E-state index >= 15 is 0 Å². The summed E-state index contributed by atoms with van der Waals surface area (Å²) in [7, 11) is -2.88. The van der Waals surface area contributed by atoms with Gasteiger partial charge < -0.3 is 4.52 Å². The number of nitrogens with zero attached hydrogens (tertiary/aromatic N) is 3. The third-order valence-electron chi connectivity index (χ3n) is 3.72. The Morgan fingerprint density at radius 2 is 2.38 bits per heavy atom. The van der Waals surface area contributed by atoms with Gasteiger partial charge in [0.05, 0.1) is 18.1 Å². The molecule has 0 spiro atoms. The molecular formula is C13H17N3O3S2. The maximum absolute atomic E-state index is 11.6. The lowest BCUT2D eigenvalue weighted by Gasteiger charge is -2.24. The van der Waals surface area contributed by atoms with Crippen LogP contribution >= 0.6 is 11.3 Å². The van der Waals surface area contributed by atoms with Crippen molar-refractivity contribution in [2.24, 2.45) is 0 Å².